The van der Waals surface area contributed by atoms with Crippen molar-refractivity contribution >= 4 is 5.69 Å². The molecule has 1 aliphatic rings. The third-order valence-electron chi connectivity index (χ3n) is 2.22. The molecule has 1 aromatic carbocycles. The molecular weight excluding hydrogens is 148 g/mol. The van der Waals surface area contributed by atoms with E-state index in [9.17, 15) is 0 Å². The molecule has 0 aliphatic carbocycles. The largest absolute Gasteiger partial charge is 0.370 e. The van der Waals surface area contributed by atoms with E-state index in [1.807, 2.05) is 24.3 Å². The van der Waals surface area contributed by atoms with Gasteiger partial charge in [-0.25, -0.2) is 0 Å². The molecule has 60 valence electrons. The Balaban J connectivity index is 2.35. The molecule has 0 N–H and O–H groups in total. The third kappa shape index (κ3) is 1.04. The van der Waals surface area contributed by atoms with Crippen LogP contribution in [0.1, 0.15) is 12.0 Å². The van der Waals surface area contributed by atoms with E-state index >= 15 is 0 Å². The highest BCUT2D eigenvalue weighted by Crippen LogP contribution is 2.23. The molecular formula is C10H10N2. The van der Waals surface area contributed by atoms with Crippen molar-refractivity contribution in [3.63, 3.8) is 0 Å². The minimum absolute atomic E-state index is 0.789. The molecule has 0 atom stereocenters. The molecule has 0 bridgehead atoms. The highest BCUT2D eigenvalue weighted by molar-refractivity contribution is 5.60. The lowest BCUT2D eigenvalue weighted by atomic mass is 10.1. The van der Waals surface area contributed by atoms with Crippen molar-refractivity contribution in [3.8, 4) is 6.07 Å². The fourth-order valence-corrected chi connectivity index (χ4v) is 1.40. The lowest BCUT2D eigenvalue weighted by Gasteiger charge is -2.33. The number of anilines is 1. The van der Waals surface area contributed by atoms with Crippen molar-refractivity contribution in [2.24, 2.45) is 0 Å². The number of benzene rings is 1. The van der Waals surface area contributed by atoms with Gasteiger partial charge in [0.2, 0.25) is 0 Å². The maximum atomic E-state index is 8.81. The summed E-state index contributed by atoms with van der Waals surface area (Å²) < 4.78 is 0. The summed E-state index contributed by atoms with van der Waals surface area (Å²) >= 11 is 0. The van der Waals surface area contributed by atoms with Gasteiger partial charge in [0, 0.05) is 13.1 Å². The molecule has 0 spiro atoms. The Morgan fingerprint density at radius 1 is 1.25 bits per heavy atom. The van der Waals surface area contributed by atoms with E-state index in [4.69, 9.17) is 5.26 Å². The number of hydrogen-bond acceptors (Lipinski definition) is 2. The van der Waals surface area contributed by atoms with Crippen molar-refractivity contribution in [2.75, 3.05) is 18.0 Å². The van der Waals surface area contributed by atoms with Crippen LogP contribution in [0.5, 0.6) is 0 Å². The minimum atomic E-state index is 0.789. The highest BCUT2D eigenvalue weighted by atomic mass is 15.2. The topological polar surface area (TPSA) is 27.0 Å². The van der Waals surface area contributed by atoms with Crippen molar-refractivity contribution in [1.29, 1.82) is 5.26 Å². The summed E-state index contributed by atoms with van der Waals surface area (Å²) in [4.78, 5) is 2.23. The first kappa shape index (κ1) is 7.17. The van der Waals surface area contributed by atoms with Crippen molar-refractivity contribution in [3.05, 3.63) is 29.8 Å². The Kier molecular flexibility index (Phi) is 1.71. The molecule has 2 rings (SSSR count). The van der Waals surface area contributed by atoms with Crippen LogP contribution in [0, 0.1) is 11.3 Å². The van der Waals surface area contributed by atoms with Crippen molar-refractivity contribution < 1.29 is 0 Å². The van der Waals surface area contributed by atoms with E-state index in [1.165, 1.54) is 6.42 Å². The summed E-state index contributed by atoms with van der Waals surface area (Å²) in [5.41, 5.74) is 1.88. The van der Waals surface area contributed by atoms with Gasteiger partial charge in [-0.2, -0.15) is 5.26 Å². The van der Waals surface area contributed by atoms with Crippen LogP contribution in [0.15, 0.2) is 24.3 Å². The molecule has 0 amide bonds. The molecule has 1 heterocycles. The predicted octanol–water partition coefficient (Wildman–Crippen LogP) is 1.77. The third-order valence-corrected chi connectivity index (χ3v) is 2.22. The Hall–Kier alpha value is -1.49. The maximum absolute atomic E-state index is 8.81. The van der Waals surface area contributed by atoms with Crippen LogP contribution in [0.4, 0.5) is 5.69 Å². The van der Waals surface area contributed by atoms with Gasteiger partial charge in [-0.3, -0.25) is 0 Å². The van der Waals surface area contributed by atoms with Crippen LogP contribution in [-0.2, 0) is 0 Å². The normalized spacial score (nSPS) is 15.1. The summed E-state index contributed by atoms with van der Waals surface area (Å²) in [5, 5.41) is 8.81. The Morgan fingerprint density at radius 3 is 2.58 bits per heavy atom. The number of nitriles is 1. The average molecular weight is 158 g/mol. The average Bonchev–Trinajstić information content (AvgIpc) is 2.02. The fourth-order valence-electron chi connectivity index (χ4n) is 1.40. The van der Waals surface area contributed by atoms with E-state index in [0.29, 0.717) is 0 Å². The molecule has 2 heteroatoms. The van der Waals surface area contributed by atoms with Gasteiger partial charge in [-0.1, -0.05) is 12.1 Å². The van der Waals surface area contributed by atoms with Gasteiger partial charge in [0.15, 0.2) is 0 Å². The molecule has 1 aliphatic heterocycles. The van der Waals surface area contributed by atoms with Gasteiger partial charge < -0.3 is 4.90 Å². The molecule has 1 fully saturated rings. The number of rotatable bonds is 1. The second-order valence-electron chi connectivity index (χ2n) is 2.97. The number of nitrogens with zero attached hydrogens (tertiary/aromatic N) is 2. The lowest BCUT2D eigenvalue weighted by Crippen LogP contribution is -2.37. The zero-order valence-electron chi connectivity index (χ0n) is 6.83. The second-order valence-corrected chi connectivity index (χ2v) is 2.97. The maximum Gasteiger partial charge on any atom is 0.101 e. The first-order valence-corrected chi connectivity index (χ1v) is 4.16. The SMILES string of the molecule is N#Cc1ccccc1N1CCC1. The van der Waals surface area contributed by atoms with Crippen LogP contribution in [0.3, 0.4) is 0 Å². The summed E-state index contributed by atoms with van der Waals surface area (Å²) in [6.07, 6.45) is 1.25. The van der Waals surface area contributed by atoms with Gasteiger partial charge in [0.1, 0.15) is 6.07 Å². The van der Waals surface area contributed by atoms with Crippen molar-refractivity contribution in [2.45, 2.75) is 6.42 Å². The van der Waals surface area contributed by atoms with E-state index in [2.05, 4.69) is 11.0 Å². The van der Waals surface area contributed by atoms with Crippen LogP contribution < -0.4 is 4.90 Å². The first-order valence-electron chi connectivity index (χ1n) is 4.16. The standard InChI is InChI=1S/C10H10N2/c11-8-9-4-1-2-5-10(9)12-6-3-7-12/h1-2,4-5H,3,6-7H2. The van der Waals surface area contributed by atoms with E-state index < -0.39 is 0 Å². The molecule has 2 nitrogen and oxygen atoms in total. The fraction of sp³-hybridized carbons (Fsp3) is 0.300. The predicted molar refractivity (Wildman–Crippen MR) is 48.0 cm³/mol. The van der Waals surface area contributed by atoms with Gasteiger partial charge in [-0.05, 0) is 18.6 Å². The smallest absolute Gasteiger partial charge is 0.101 e. The summed E-state index contributed by atoms with van der Waals surface area (Å²) in [6.45, 7) is 2.19. The first-order chi connectivity index (χ1) is 5.92. The molecule has 0 radical (unpaired) electrons. The van der Waals surface area contributed by atoms with Gasteiger partial charge in [0.25, 0.3) is 0 Å². The molecule has 0 aromatic heterocycles. The Bertz CT molecular complexity index is 321. The van der Waals surface area contributed by atoms with Gasteiger partial charge in [0.05, 0.1) is 11.3 Å². The van der Waals surface area contributed by atoms with Crippen LogP contribution in [0.2, 0.25) is 0 Å². The zero-order chi connectivity index (χ0) is 8.39. The summed E-state index contributed by atoms with van der Waals surface area (Å²) in [6, 6.07) is 9.97. The van der Waals surface area contributed by atoms with Crippen LogP contribution >= 0.6 is 0 Å². The molecule has 12 heavy (non-hydrogen) atoms. The monoisotopic (exact) mass is 158 g/mol. The molecule has 1 aromatic rings. The van der Waals surface area contributed by atoms with E-state index in [0.717, 1.165) is 24.3 Å². The molecule has 0 saturated carbocycles. The van der Waals surface area contributed by atoms with E-state index in [-0.39, 0.29) is 0 Å². The van der Waals surface area contributed by atoms with E-state index in [1.54, 1.807) is 0 Å². The van der Waals surface area contributed by atoms with Gasteiger partial charge in [-0.15, -0.1) is 0 Å². The summed E-state index contributed by atoms with van der Waals surface area (Å²) in [5.74, 6) is 0. The number of hydrogen-bond donors (Lipinski definition) is 0. The summed E-state index contributed by atoms with van der Waals surface area (Å²) in [7, 11) is 0. The Morgan fingerprint density at radius 2 is 2.00 bits per heavy atom. The molecule has 0 unspecified atom stereocenters. The van der Waals surface area contributed by atoms with Gasteiger partial charge >= 0.3 is 0 Å². The quantitative estimate of drug-likeness (QED) is 0.622. The molecule has 1 saturated heterocycles. The van der Waals surface area contributed by atoms with Crippen molar-refractivity contribution in [1.82, 2.24) is 0 Å². The zero-order valence-corrected chi connectivity index (χ0v) is 6.83. The lowest BCUT2D eigenvalue weighted by molar-refractivity contribution is 0.617. The highest BCUT2D eigenvalue weighted by Gasteiger charge is 2.16. The van der Waals surface area contributed by atoms with Crippen LogP contribution in [-0.4, -0.2) is 13.1 Å². The number of para-hydroxylation sites is 1. The Labute approximate surface area is 72.0 Å². The minimum Gasteiger partial charge on any atom is -0.370 e. The van der Waals surface area contributed by atoms with Crippen LogP contribution in [0.25, 0.3) is 0 Å². The second kappa shape index (κ2) is 2.86.